The van der Waals surface area contributed by atoms with Gasteiger partial charge in [-0.15, -0.1) is 0 Å². The van der Waals surface area contributed by atoms with E-state index in [9.17, 15) is 4.79 Å². The molecule has 0 spiro atoms. The number of amides is 1. The van der Waals surface area contributed by atoms with Gasteiger partial charge in [0.2, 0.25) is 5.91 Å². The fourth-order valence-electron chi connectivity index (χ4n) is 3.47. The fourth-order valence-corrected chi connectivity index (χ4v) is 3.71. The first-order valence-corrected chi connectivity index (χ1v) is 8.42. The van der Waals surface area contributed by atoms with E-state index in [2.05, 4.69) is 15.2 Å². The van der Waals surface area contributed by atoms with Crippen LogP contribution in [0.25, 0.3) is 0 Å². The minimum absolute atomic E-state index is 0.0799. The van der Waals surface area contributed by atoms with Crippen molar-refractivity contribution in [3.63, 3.8) is 0 Å². The highest BCUT2D eigenvalue weighted by Crippen LogP contribution is 2.27. The molecular weight excluding hydrogens is 300 g/mol. The van der Waals surface area contributed by atoms with Crippen LogP contribution < -0.4 is 16.0 Å². The predicted molar refractivity (Wildman–Crippen MR) is 87.9 cm³/mol. The molecule has 120 valence electrons. The third-order valence-corrected chi connectivity index (χ3v) is 4.95. The van der Waals surface area contributed by atoms with Crippen molar-refractivity contribution in [2.75, 3.05) is 18.0 Å². The molecule has 1 aliphatic heterocycles. The Morgan fingerprint density at radius 2 is 2.27 bits per heavy atom. The minimum Gasteiger partial charge on any atom is -0.353 e. The molecule has 1 saturated heterocycles. The molecule has 3 rings (SSSR count). The van der Waals surface area contributed by atoms with E-state index in [4.69, 9.17) is 17.3 Å². The molecule has 1 aliphatic carbocycles. The predicted octanol–water partition coefficient (Wildman–Crippen LogP) is 1.95. The number of aromatic nitrogens is 1. The highest BCUT2D eigenvalue weighted by Gasteiger charge is 2.30. The normalized spacial score (nSPS) is 28.6. The van der Waals surface area contributed by atoms with Gasteiger partial charge in [0.1, 0.15) is 5.82 Å². The van der Waals surface area contributed by atoms with E-state index in [-0.39, 0.29) is 23.9 Å². The van der Waals surface area contributed by atoms with Crippen LogP contribution in [-0.4, -0.2) is 36.1 Å². The molecule has 0 bridgehead atoms. The molecule has 6 heteroatoms. The Labute approximate surface area is 136 Å². The number of rotatable bonds is 3. The van der Waals surface area contributed by atoms with E-state index in [1.54, 1.807) is 6.20 Å². The largest absolute Gasteiger partial charge is 0.353 e. The van der Waals surface area contributed by atoms with Gasteiger partial charge in [0.25, 0.3) is 0 Å². The molecule has 1 aromatic rings. The molecule has 22 heavy (non-hydrogen) atoms. The van der Waals surface area contributed by atoms with Gasteiger partial charge in [-0.3, -0.25) is 4.79 Å². The summed E-state index contributed by atoms with van der Waals surface area (Å²) in [6.45, 7) is 1.63. The fraction of sp³-hybridized carbons (Fsp3) is 0.625. The number of hydrogen-bond acceptors (Lipinski definition) is 4. The van der Waals surface area contributed by atoms with Crippen molar-refractivity contribution in [1.82, 2.24) is 10.3 Å². The second kappa shape index (κ2) is 6.84. The number of pyridine rings is 1. The van der Waals surface area contributed by atoms with Crippen LogP contribution >= 0.6 is 11.6 Å². The zero-order valence-electron chi connectivity index (χ0n) is 12.7. The number of carbonyl (C=O) groups excluding carboxylic acids is 1. The standard InChI is InChI=1S/C16H23ClN4O/c17-14-5-2-7-19-15(14)21-8-6-13(10-21)20-16(22)11-3-1-4-12(18)9-11/h2,5,7,11-13H,1,3-4,6,8-10,18H2,(H,20,22). The Bertz CT molecular complexity index is 539. The minimum atomic E-state index is 0.0799. The monoisotopic (exact) mass is 322 g/mol. The number of nitrogens with two attached hydrogens (primary N) is 1. The van der Waals surface area contributed by atoms with Crippen LogP contribution in [0.15, 0.2) is 18.3 Å². The Balaban J connectivity index is 1.55. The first-order valence-electron chi connectivity index (χ1n) is 8.05. The van der Waals surface area contributed by atoms with Gasteiger partial charge in [-0.05, 0) is 37.8 Å². The SMILES string of the molecule is NC1CCCC(C(=O)NC2CCN(c3ncccc3Cl)C2)C1. The maximum Gasteiger partial charge on any atom is 0.223 e. The van der Waals surface area contributed by atoms with Gasteiger partial charge >= 0.3 is 0 Å². The van der Waals surface area contributed by atoms with Gasteiger partial charge < -0.3 is 16.0 Å². The summed E-state index contributed by atoms with van der Waals surface area (Å²) in [6, 6.07) is 4.02. The maximum atomic E-state index is 12.4. The zero-order chi connectivity index (χ0) is 15.5. The lowest BCUT2D eigenvalue weighted by Gasteiger charge is -2.27. The number of halogens is 1. The molecule has 1 saturated carbocycles. The lowest BCUT2D eigenvalue weighted by molar-refractivity contribution is -0.126. The van der Waals surface area contributed by atoms with E-state index < -0.39 is 0 Å². The van der Waals surface area contributed by atoms with Crippen LogP contribution in [0.5, 0.6) is 0 Å². The van der Waals surface area contributed by atoms with Crippen molar-refractivity contribution >= 4 is 23.3 Å². The molecule has 5 nitrogen and oxygen atoms in total. The first kappa shape index (κ1) is 15.6. The summed E-state index contributed by atoms with van der Waals surface area (Å²) in [6.07, 6.45) is 6.54. The Morgan fingerprint density at radius 1 is 1.41 bits per heavy atom. The molecule has 0 aromatic carbocycles. The number of nitrogens with one attached hydrogen (secondary N) is 1. The molecule has 3 unspecified atom stereocenters. The van der Waals surface area contributed by atoms with Crippen LogP contribution in [0.4, 0.5) is 5.82 Å². The quantitative estimate of drug-likeness (QED) is 0.892. The molecule has 3 N–H and O–H groups in total. The highest BCUT2D eigenvalue weighted by molar-refractivity contribution is 6.32. The van der Waals surface area contributed by atoms with E-state index >= 15 is 0 Å². The summed E-state index contributed by atoms with van der Waals surface area (Å²) in [5.41, 5.74) is 5.97. The summed E-state index contributed by atoms with van der Waals surface area (Å²) in [7, 11) is 0. The third kappa shape index (κ3) is 3.52. The summed E-state index contributed by atoms with van der Waals surface area (Å²) in [5.74, 6) is 1.05. The number of nitrogens with zero attached hydrogens (tertiary/aromatic N) is 2. The number of carbonyl (C=O) groups is 1. The van der Waals surface area contributed by atoms with Crippen LogP contribution in [-0.2, 0) is 4.79 Å². The Kier molecular flexibility index (Phi) is 4.84. The van der Waals surface area contributed by atoms with Crippen molar-refractivity contribution in [2.24, 2.45) is 11.7 Å². The molecule has 2 heterocycles. The first-order chi connectivity index (χ1) is 10.6. The molecule has 3 atom stereocenters. The topological polar surface area (TPSA) is 71.2 Å². The van der Waals surface area contributed by atoms with E-state index in [1.807, 2.05) is 12.1 Å². The van der Waals surface area contributed by atoms with Gasteiger partial charge in [0, 0.05) is 37.3 Å². The van der Waals surface area contributed by atoms with E-state index in [1.165, 1.54) is 0 Å². The van der Waals surface area contributed by atoms with Crippen LogP contribution in [0.1, 0.15) is 32.1 Å². The van der Waals surface area contributed by atoms with Gasteiger partial charge in [0.15, 0.2) is 0 Å². The molecular formula is C16H23ClN4O. The molecule has 1 amide bonds. The van der Waals surface area contributed by atoms with Crippen molar-refractivity contribution in [3.05, 3.63) is 23.4 Å². The molecule has 2 aliphatic rings. The maximum absolute atomic E-state index is 12.4. The van der Waals surface area contributed by atoms with Crippen molar-refractivity contribution in [1.29, 1.82) is 0 Å². The molecule has 2 fully saturated rings. The van der Waals surface area contributed by atoms with Crippen molar-refractivity contribution in [2.45, 2.75) is 44.2 Å². The van der Waals surface area contributed by atoms with Gasteiger partial charge in [-0.2, -0.15) is 0 Å². The smallest absolute Gasteiger partial charge is 0.223 e. The Hall–Kier alpha value is -1.33. The van der Waals surface area contributed by atoms with Gasteiger partial charge in [-0.25, -0.2) is 4.98 Å². The van der Waals surface area contributed by atoms with Crippen LogP contribution in [0.2, 0.25) is 5.02 Å². The second-order valence-corrected chi connectivity index (χ2v) is 6.78. The van der Waals surface area contributed by atoms with Crippen molar-refractivity contribution < 1.29 is 4.79 Å². The van der Waals surface area contributed by atoms with Gasteiger partial charge in [0.05, 0.1) is 5.02 Å². The lowest BCUT2D eigenvalue weighted by Crippen LogP contribution is -2.43. The lowest BCUT2D eigenvalue weighted by atomic mass is 9.85. The Morgan fingerprint density at radius 3 is 3.05 bits per heavy atom. The van der Waals surface area contributed by atoms with Gasteiger partial charge in [-0.1, -0.05) is 18.0 Å². The third-order valence-electron chi connectivity index (χ3n) is 4.66. The molecule has 1 aromatic heterocycles. The van der Waals surface area contributed by atoms with Crippen LogP contribution in [0.3, 0.4) is 0 Å². The van der Waals surface area contributed by atoms with Crippen LogP contribution in [0, 0.1) is 5.92 Å². The number of hydrogen-bond donors (Lipinski definition) is 2. The summed E-state index contributed by atoms with van der Waals surface area (Å²) < 4.78 is 0. The van der Waals surface area contributed by atoms with Crippen molar-refractivity contribution in [3.8, 4) is 0 Å². The highest BCUT2D eigenvalue weighted by atomic mass is 35.5. The van der Waals surface area contributed by atoms with E-state index in [0.29, 0.717) is 5.02 Å². The zero-order valence-corrected chi connectivity index (χ0v) is 13.4. The number of anilines is 1. The summed E-state index contributed by atoms with van der Waals surface area (Å²) in [4.78, 5) is 18.9. The summed E-state index contributed by atoms with van der Waals surface area (Å²) >= 11 is 6.19. The average Bonchev–Trinajstić information content (AvgIpc) is 2.96. The molecule has 0 radical (unpaired) electrons. The van der Waals surface area contributed by atoms with E-state index in [0.717, 1.165) is 51.0 Å². The summed E-state index contributed by atoms with van der Waals surface area (Å²) in [5, 5.41) is 3.84. The second-order valence-electron chi connectivity index (χ2n) is 6.37. The average molecular weight is 323 g/mol.